The van der Waals surface area contributed by atoms with E-state index in [1.54, 1.807) is 60.7 Å². The Balaban J connectivity index is 0.00000300. The zero-order valence-electron chi connectivity index (χ0n) is 16.4. The first-order valence-corrected chi connectivity index (χ1v) is 10.3. The van der Waals surface area contributed by atoms with Crippen LogP contribution in [0, 0.1) is 6.92 Å². The zero-order chi connectivity index (χ0) is 20.0. The van der Waals surface area contributed by atoms with Gasteiger partial charge in [-0.05, 0) is 43.2 Å². The molecule has 144 valence electrons. The van der Waals surface area contributed by atoms with E-state index >= 15 is 0 Å². The number of Topliss-reactive ketones (excluding diaryl/α,β-unsaturated/α-hetero) is 1. The summed E-state index contributed by atoms with van der Waals surface area (Å²) in [6.07, 6.45) is 0.934. The molecule has 7 heteroatoms. The molecule has 0 aliphatic carbocycles. The molecule has 0 aromatic heterocycles. The third kappa shape index (κ3) is 7.46. The van der Waals surface area contributed by atoms with E-state index in [1.807, 2.05) is 25.1 Å². The molecule has 0 saturated heterocycles. The third-order valence-corrected chi connectivity index (χ3v) is 4.98. The maximum atomic E-state index is 12.1. The molecule has 0 fully saturated rings. The molecular formula is C22H20NaO5P. The fourth-order valence-corrected chi connectivity index (χ4v) is 3.42. The van der Waals surface area contributed by atoms with Crippen LogP contribution in [0.2, 0.25) is 0 Å². The first kappa shape index (κ1) is 23.4. The molecule has 1 unspecified atom stereocenters. The molecule has 3 aromatic rings. The van der Waals surface area contributed by atoms with Crippen molar-refractivity contribution in [2.75, 3.05) is 0 Å². The predicted octanol–water partition coefficient (Wildman–Crippen LogP) is 1.74. The van der Waals surface area contributed by atoms with Crippen LogP contribution in [0.1, 0.15) is 27.9 Å². The van der Waals surface area contributed by atoms with Crippen molar-refractivity contribution in [3.05, 3.63) is 95.6 Å². The molecule has 1 atom stereocenters. The molecule has 3 aromatic carbocycles. The first-order valence-electron chi connectivity index (χ1n) is 8.85. The molecule has 0 N–H and O–H groups in total. The molecule has 0 bridgehead atoms. The van der Waals surface area contributed by atoms with Crippen molar-refractivity contribution in [2.24, 2.45) is 0 Å². The predicted molar refractivity (Wildman–Crippen MR) is 106 cm³/mol. The largest absolute Gasteiger partial charge is 1.00 e. The van der Waals surface area contributed by atoms with Crippen LogP contribution in [0.5, 0.6) is 11.5 Å². The van der Waals surface area contributed by atoms with Crippen molar-refractivity contribution < 1.29 is 52.9 Å². The smallest absolute Gasteiger partial charge is 0.736 e. The fourth-order valence-electron chi connectivity index (χ4n) is 2.62. The molecular weight excluding hydrogens is 398 g/mol. The second kappa shape index (κ2) is 10.8. The Kier molecular flexibility index (Phi) is 8.69. The molecule has 29 heavy (non-hydrogen) atoms. The van der Waals surface area contributed by atoms with Crippen LogP contribution >= 0.6 is 7.82 Å². The quantitative estimate of drug-likeness (QED) is 0.317. The molecule has 0 aliphatic heterocycles. The van der Waals surface area contributed by atoms with E-state index in [0.29, 0.717) is 18.4 Å². The molecule has 0 radical (unpaired) electrons. The Morgan fingerprint density at radius 1 is 0.862 bits per heavy atom. The number of benzene rings is 3. The van der Waals surface area contributed by atoms with Crippen molar-refractivity contribution >= 4 is 13.6 Å². The number of carbonyl (C=O) groups excluding carboxylic acids is 1. The summed E-state index contributed by atoms with van der Waals surface area (Å²) < 4.78 is 22.0. The number of ketones is 1. The van der Waals surface area contributed by atoms with Crippen molar-refractivity contribution in [2.45, 2.75) is 19.8 Å². The topological polar surface area (TPSA) is 75.7 Å². The SMILES string of the molecule is Cc1ccc(OP(=O)([O-])Oc2ccc(CCC(=O)c3ccccc3)cc2)cc1.[Na+]. The van der Waals surface area contributed by atoms with Gasteiger partial charge in [-0.15, -0.1) is 0 Å². The maximum absolute atomic E-state index is 12.1. The van der Waals surface area contributed by atoms with Gasteiger partial charge in [0.1, 0.15) is 11.5 Å². The Morgan fingerprint density at radius 2 is 1.38 bits per heavy atom. The standard InChI is InChI=1S/C22H21O5P.Na/c1-17-7-12-20(13-8-17)26-28(24,25)27-21-14-9-18(10-15-21)11-16-22(23)19-5-3-2-4-6-19;/h2-10,12-15H,11,16H2,1H3,(H,24,25);/q;+1/p-1. The van der Waals surface area contributed by atoms with Gasteiger partial charge in [0.05, 0.1) is 0 Å². The van der Waals surface area contributed by atoms with Gasteiger partial charge in [-0.2, -0.15) is 0 Å². The number of aryl methyl sites for hydroxylation is 2. The minimum absolute atomic E-state index is 0. The molecule has 0 heterocycles. The second-order valence-corrected chi connectivity index (χ2v) is 7.64. The average molecular weight is 418 g/mol. The summed E-state index contributed by atoms with van der Waals surface area (Å²) in [5.74, 6) is 0.417. The van der Waals surface area contributed by atoms with E-state index in [-0.39, 0.29) is 46.8 Å². The van der Waals surface area contributed by atoms with Crippen LogP contribution in [-0.4, -0.2) is 5.78 Å². The third-order valence-electron chi connectivity index (χ3n) is 4.12. The van der Waals surface area contributed by atoms with Crippen molar-refractivity contribution in [3.63, 3.8) is 0 Å². The summed E-state index contributed by atoms with van der Waals surface area (Å²) in [5, 5.41) is 0. The molecule has 0 spiro atoms. The average Bonchev–Trinajstić information content (AvgIpc) is 2.69. The summed E-state index contributed by atoms with van der Waals surface area (Å²) in [4.78, 5) is 24.2. The van der Waals surface area contributed by atoms with Gasteiger partial charge in [0.15, 0.2) is 5.78 Å². The van der Waals surface area contributed by atoms with Gasteiger partial charge in [0, 0.05) is 12.0 Å². The molecule has 0 aliphatic rings. The minimum Gasteiger partial charge on any atom is -0.736 e. The number of carbonyl (C=O) groups is 1. The van der Waals surface area contributed by atoms with E-state index in [4.69, 9.17) is 9.05 Å². The van der Waals surface area contributed by atoms with Gasteiger partial charge in [-0.3, -0.25) is 4.79 Å². The maximum Gasteiger partial charge on any atom is 1.00 e. The monoisotopic (exact) mass is 418 g/mol. The number of rotatable bonds is 8. The molecule has 3 rings (SSSR count). The van der Waals surface area contributed by atoms with Crippen molar-refractivity contribution in [1.82, 2.24) is 0 Å². The summed E-state index contributed by atoms with van der Waals surface area (Å²) in [7, 11) is -4.54. The van der Waals surface area contributed by atoms with Crippen LogP contribution in [-0.2, 0) is 11.0 Å². The number of hydrogen-bond acceptors (Lipinski definition) is 5. The van der Waals surface area contributed by atoms with E-state index < -0.39 is 7.82 Å². The zero-order valence-corrected chi connectivity index (χ0v) is 19.3. The van der Waals surface area contributed by atoms with Gasteiger partial charge < -0.3 is 13.9 Å². The van der Waals surface area contributed by atoms with Gasteiger partial charge >= 0.3 is 37.4 Å². The Bertz CT molecular complexity index is 972. The van der Waals surface area contributed by atoms with E-state index in [0.717, 1.165) is 11.1 Å². The van der Waals surface area contributed by atoms with E-state index in [2.05, 4.69) is 0 Å². The van der Waals surface area contributed by atoms with Crippen LogP contribution in [0.15, 0.2) is 78.9 Å². The van der Waals surface area contributed by atoms with Gasteiger partial charge in [0.2, 0.25) is 0 Å². The van der Waals surface area contributed by atoms with Gasteiger partial charge in [-0.1, -0.05) is 60.2 Å². The molecule has 0 saturated carbocycles. The van der Waals surface area contributed by atoms with Gasteiger partial charge in [0.25, 0.3) is 0 Å². The number of phosphoric acid groups is 1. The van der Waals surface area contributed by atoms with E-state index in [1.165, 1.54) is 0 Å². The fraction of sp³-hybridized carbons (Fsp3) is 0.136. The van der Waals surface area contributed by atoms with Crippen LogP contribution in [0.4, 0.5) is 0 Å². The summed E-state index contributed by atoms with van der Waals surface area (Å²) in [6.45, 7) is 1.89. The summed E-state index contributed by atoms with van der Waals surface area (Å²) >= 11 is 0. The summed E-state index contributed by atoms with van der Waals surface area (Å²) in [5.41, 5.74) is 2.59. The van der Waals surface area contributed by atoms with Crippen LogP contribution in [0.3, 0.4) is 0 Å². The van der Waals surface area contributed by atoms with Crippen molar-refractivity contribution in [1.29, 1.82) is 0 Å². The Hall–Kier alpha value is -1.88. The second-order valence-electron chi connectivity index (χ2n) is 6.38. The van der Waals surface area contributed by atoms with Crippen LogP contribution < -0.4 is 43.5 Å². The Labute approximate surface area is 192 Å². The number of hydrogen-bond donors (Lipinski definition) is 0. The van der Waals surface area contributed by atoms with Crippen LogP contribution in [0.25, 0.3) is 0 Å². The molecule has 5 nitrogen and oxygen atoms in total. The minimum atomic E-state index is -4.54. The Morgan fingerprint density at radius 3 is 1.93 bits per heavy atom. The van der Waals surface area contributed by atoms with Gasteiger partial charge in [-0.25, -0.2) is 4.57 Å². The van der Waals surface area contributed by atoms with Crippen molar-refractivity contribution in [3.8, 4) is 11.5 Å². The van der Waals surface area contributed by atoms with E-state index in [9.17, 15) is 14.3 Å². The summed E-state index contributed by atoms with van der Waals surface area (Å²) in [6, 6.07) is 22.3. The normalized spacial score (nSPS) is 12.3. The number of phosphoric ester groups is 1. The molecule has 0 amide bonds. The first-order chi connectivity index (χ1) is 13.4.